The lowest BCUT2D eigenvalue weighted by atomic mass is 10.1. The molecule has 0 saturated carbocycles. The Morgan fingerprint density at radius 2 is 2.12 bits per heavy atom. The second kappa shape index (κ2) is 7.06. The molecule has 132 valence electrons. The van der Waals surface area contributed by atoms with Crippen LogP contribution in [-0.4, -0.2) is 71.1 Å². The molecule has 6 heteroatoms. The quantitative estimate of drug-likeness (QED) is 0.851. The van der Waals surface area contributed by atoms with Crippen LogP contribution in [0.5, 0.6) is 0 Å². The van der Waals surface area contributed by atoms with E-state index in [1.807, 2.05) is 11.0 Å². The predicted octanol–water partition coefficient (Wildman–Crippen LogP) is 1.96. The Bertz CT molecular complexity index is 755. The Hall–Kier alpha value is -2.05. The molecule has 2 aliphatic rings. The van der Waals surface area contributed by atoms with Crippen LogP contribution in [0.3, 0.4) is 0 Å². The summed E-state index contributed by atoms with van der Waals surface area (Å²) in [5.41, 5.74) is 1.49. The smallest absolute Gasteiger partial charge is 0.255 e. The maximum atomic E-state index is 13.3. The number of aromatic nitrogens is 2. The lowest BCUT2D eigenvalue weighted by Gasteiger charge is -2.28. The van der Waals surface area contributed by atoms with Crippen LogP contribution in [0.2, 0.25) is 0 Å². The molecule has 0 unspecified atom stereocenters. The molecule has 1 amide bonds. The van der Waals surface area contributed by atoms with Crippen molar-refractivity contribution in [1.82, 2.24) is 19.8 Å². The summed E-state index contributed by atoms with van der Waals surface area (Å²) in [6.07, 6.45) is 8.67. The van der Waals surface area contributed by atoms with Crippen molar-refractivity contribution < 1.29 is 9.53 Å². The number of fused-ring (bicyclic) bond motifs is 1. The van der Waals surface area contributed by atoms with Crippen LogP contribution in [-0.2, 0) is 4.74 Å². The molecular weight excluding hydrogens is 316 g/mol. The third-order valence-electron chi connectivity index (χ3n) is 5.41. The number of ether oxygens (including phenoxy) is 1. The highest BCUT2D eigenvalue weighted by atomic mass is 16.5. The highest BCUT2D eigenvalue weighted by Crippen LogP contribution is 2.26. The van der Waals surface area contributed by atoms with Crippen molar-refractivity contribution in [2.75, 3.05) is 33.3 Å². The molecule has 2 fully saturated rings. The molecular formula is C19H24N4O2. The van der Waals surface area contributed by atoms with Gasteiger partial charge in [0.15, 0.2) is 0 Å². The Morgan fingerprint density at radius 1 is 1.28 bits per heavy atom. The number of methoxy groups -OCH3 is 1. The fraction of sp³-hybridized carbons (Fsp3) is 0.526. The monoisotopic (exact) mass is 340 g/mol. The van der Waals surface area contributed by atoms with Gasteiger partial charge in [-0.15, -0.1) is 0 Å². The number of hydrogen-bond donors (Lipinski definition) is 0. The number of likely N-dealkylation sites (tertiary alicyclic amines) is 2. The van der Waals surface area contributed by atoms with Gasteiger partial charge in [0, 0.05) is 50.2 Å². The van der Waals surface area contributed by atoms with Gasteiger partial charge in [0.25, 0.3) is 5.91 Å². The van der Waals surface area contributed by atoms with Crippen molar-refractivity contribution in [1.29, 1.82) is 0 Å². The van der Waals surface area contributed by atoms with E-state index in [1.165, 1.54) is 12.8 Å². The lowest BCUT2D eigenvalue weighted by Crippen LogP contribution is -2.42. The van der Waals surface area contributed by atoms with E-state index in [4.69, 9.17) is 4.74 Å². The van der Waals surface area contributed by atoms with Gasteiger partial charge in [0.05, 0.1) is 17.2 Å². The number of carbonyl (C=O) groups excluding carboxylic acids is 1. The summed E-state index contributed by atoms with van der Waals surface area (Å²) in [4.78, 5) is 26.3. The molecule has 2 saturated heterocycles. The van der Waals surface area contributed by atoms with Crippen molar-refractivity contribution in [2.24, 2.45) is 0 Å². The molecule has 0 radical (unpaired) electrons. The standard InChI is InChI=1S/C19H24N4O2/c1-25-15-10-14(12-22-8-2-3-9-22)23(13-15)19(24)16-4-7-21-18-5-6-20-11-17(16)18/h4-7,11,14-15H,2-3,8-10,12-13H2,1H3/t14-,15-/m0/s1. The Morgan fingerprint density at radius 3 is 2.92 bits per heavy atom. The largest absolute Gasteiger partial charge is 0.380 e. The topological polar surface area (TPSA) is 58.6 Å². The van der Waals surface area contributed by atoms with E-state index in [1.54, 1.807) is 31.8 Å². The van der Waals surface area contributed by atoms with Crippen LogP contribution in [0.25, 0.3) is 10.9 Å². The zero-order valence-corrected chi connectivity index (χ0v) is 14.6. The van der Waals surface area contributed by atoms with Crippen molar-refractivity contribution in [3.05, 3.63) is 36.3 Å². The Kier molecular flexibility index (Phi) is 4.63. The number of amides is 1. The van der Waals surface area contributed by atoms with Gasteiger partial charge in [-0.3, -0.25) is 14.8 Å². The molecule has 2 atom stereocenters. The van der Waals surface area contributed by atoms with Crippen LogP contribution in [0.4, 0.5) is 0 Å². The fourth-order valence-electron chi connectivity index (χ4n) is 4.06. The van der Waals surface area contributed by atoms with E-state index in [-0.39, 0.29) is 18.1 Å². The van der Waals surface area contributed by atoms with Gasteiger partial charge in [0.2, 0.25) is 0 Å². The Labute approximate surface area is 147 Å². The molecule has 4 heterocycles. The molecule has 25 heavy (non-hydrogen) atoms. The minimum Gasteiger partial charge on any atom is -0.380 e. The van der Waals surface area contributed by atoms with Gasteiger partial charge in [-0.1, -0.05) is 0 Å². The fourth-order valence-corrected chi connectivity index (χ4v) is 4.06. The molecule has 0 aliphatic carbocycles. The highest BCUT2D eigenvalue weighted by Gasteiger charge is 2.37. The Balaban J connectivity index is 1.61. The average molecular weight is 340 g/mol. The number of carbonyl (C=O) groups is 1. The summed E-state index contributed by atoms with van der Waals surface area (Å²) >= 11 is 0. The lowest BCUT2D eigenvalue weighted by molar-refractivity contribution is 0.0672. The van der Waals surface area contributed by atoms with Gasteiger partial charge >= 0.3 is 0 Å². The van der Waals surface area contributed by atoms with Crippen molar-refractivity contribution in [3.8, 4) is 0 Å². The number of hydrogen-bond acceptors (Lipinski definition) is 5. The third-order valence-corrected chi connectivity index (χ3v) is 5.41. The maximum Gasteiger partial charge on any atom is 0.255 e. The first kappa shape index (κ1) is 16.4. The minimum absolute atomic E-state index is 0.0594. The van der Waals surface area contributed by atoms with Crippen LogP contribution in [0, 0.1) is 0 Å². The number of nitrogens with zero attached hydrogens (tertiary/aromatic N) is 4. The molecule has 2 aromatic rings. The molecule has 0 aromatic carbocycles. The van der Waals surface area contributed by atoms with Gasteiger partial charge < -0.3 is 14.5 Å². The summed E-state index contributed by atoms with van der Waals surface area (Å²) in [5, 5.41) is 0.816. The van der Waals surface area contributed by atoms with Crippen molar-refractivity contribution in [2.45, 2.75) is 31.4 Å². The summed E-state index contributed by atoms with van der Waals surface area (Å²) in [6.45, 7) is 3.86. The summed E-state index contributed by atoms with van der Waals surface area (Å²) < 4.78 is 5.57. The predicted molar refractivity (Wildman–Crippen MR) is 95.5 cm³/mol. The second-order valence-electron chi connectivity index (χ2n) is 6.96. The molecule has 4 rings (SSSR count). The van der Waals surface area contributed by atoms with Crippen LogP contribution in [0.1, 0.15) is 29.6 Å². The molecule has 6 nitrogen and oxygen atoms in total. The van der Waals surface area contributed by atoms with E-state index < -0.39 is 0 Å². The first-order valence-corrected chi connectivity index (χ1v) is 9.01. The molecule has 0 bridgehead atoms. The molecule has 0 N–H and O–H groups in total. The highest BCUT2D eigenvalue weighted by molar-refractivity contribution is 6.05. The SMILES string of the molecule is CO[C@H]1C[C@@H](CN2CCCC2)N(C(=O)c2ccnc3ccncc23)C1. The average Bonchev–Trinajstić information content (AvgIpc) is 3.31. The van der Waals surface area contributed by atoms with E-state index in [9.17, 15) is 4.79 Å². The summed E-state index contributed by atoms with van der Waals surface area (Å²) in [7, 11) is 1.73. The van der Waals surface area contributed by atoms with Gasteiger partial charge in [-0.2, -0.15) is 0 Å². The van der Waals surface area contributed by atoms with E-state index in [0.717, 1.165) is 37.0 Å². The van der Waals surface area contributed by atoms with E-state index in [2.05, 4.69) is 14.9 Å². The van der Waals surface area contributed by atoms with Crippen molar-refractivity contribution >= 4 is 16.8 Å². The minimum atomic E-state index is 0.0594. The number of rotatable bonds is 4. The molecule has 2 aliphatic heterocycles. The van der Waals surface area contributed by atoms with Gasteiger partial charge in [-0.25, -0.2) is 0 Å². The first-order valence-electron chi connectivity index (χ1n) is 9.01. The first-order chi connectivity index (χ1) is 12.3. The normalized spacial score (nSPS) is 24.3. The van der Waals surface area contributed by atoms with Crippen LogP contribution >= 0.6 is 0 Å². The molecule has 0 spiro atoms. The second-order valence-corrected chi connectivity index (χ2v) is 6.96. The van der Waals surface area contributed by atoms with Gasteiger partial charge in [-0.05, 0) is 44.5 Å². The van der Waals surface area contributed by atoms with Crippen molar-refractivity contribution in [3.63, 3.8) is 0 Å². The summed E-state index contributed by atoms with van der Waals surface area (Å²) in [6, 6.07) is 3.85. The van der Waals surface area contributed by atoms with Crippen LogP contribution < -0.4 is 0 Å². The van der Waals surface area contributed by atoms with Crippen LogP contribution in [0.15, 0.2) is 30.7 Å². The zero-order chi connectivity index (χ0) is 17.2. The van der Waals surface area contributed by atoms with Gasteiger partial charge in [0.1, 0.15) is 0 Å². The zero-order valence-electron chi connectivity index (χ0n) is 14.6. The number of pyridine rings is 2. The maximum absolute atomic E-state index is 13.3. The summed E-state index contributed by atoms with van der Waals surface area (Å²) in [5.74, 6) is 0.0594. The van der Waals surface area contributed by atoms with E-state index >= 15 is 0 Å². The van der Waals surface area contributed by atoms with E-state index in [0.29, 0.717) is 12.1 Å². The third kappa shape index (κ3) is 3.24. The molecule has 2 aromatic heterocycles.